The van der Waals surface area contributed by atoms with Crippen molar-refractivity contribution in [2.24, 2.45) is 0 Å². The predicted molar refractivity (Wildman–Crippen MR) is 92.0 cm³/mol. The second-order valence-electron chi connectivity index (χ2n) is 5.50. The number of aryl methyl sites for hydroxylation is 1. The van der Waals surface area contributed by atoms with Crippen molar-refractivity contribution in [2.75, 3.05) is 0 Å². The molecule has 1 aromatic carbocycles. The summed E-state index contributed by atoms with van der Waals surface area (Å²) in [5, 5.41) is 32.6. The molecule has 24 heavy (non-hydrogen) atoms. The van der Waals surface area contributed by atoms with Gasteiger partial charge in [-0.05, 0) is 42.0 Å². The molecule has 2 aromatic rings. The van der Waals surface area contributed by atoms with Gasteiger partial charge in [-0.25, -0.2) is 4.79 Å². The van der Waals surface area contributed by atoms with Crippen molar-refractivity contribution in [2.45, 2.75) is 25.7 Å². The van der Waals surface area contributed by atoms with E-state index in [0.717, 1.165) is 4.88 Å². The molecule has 1 unspecified atom stereocenters. The molecule has 8 heteroatoms. The number of carbonyl (C=O) groups is 2. The maximum Gasteiger partial charge on any atom is 0.475 e. The molecule has 0 bridgehead atoms. The van der Waals surface area contributed by atoms with Gasteiger partial charge in [0, 0.05) is 4.88 Å². The summed E-state index contributed by atoms with van der Waals surface area (Å²) in [5.41, 5.74) is 1.38. The highest BCUT2D eigenvalue weighted by molar-refractivity contribution is 7.10. The summed E-state index contributed by atoms with van der Waals surface area (Å²) in [4.78, 5) is 24.1. The fourth-order valence-electron chi connectivity index (χ4n) is 2.34. The molecule has 1 heterocycles. The standard InChI is InChI=1S/C16H18BNO5S/c1-10-4-5-11(7-13(10)16(20)21)8-14(17(22)23)18-15(19)9-12-3-2-6-24-12/h2-7,14,22-23H,8-9H2,1H3,(H,18,19)(H,20,21). The summed E-state index contributed by atoms with van der Waals surface area (Å²) in [7, 11) is -1.74. The zero-order valence-corrected chi connectivity index (χ0v) is 13.9. The van der Waals surface area contributed by atoms with Gasteiger partial charge in [-0.1, -0.05) is 18.2 Å². The zero-order valence-electron chi connectivity index (χ0n) is 13.1. The lowest BCUT2D eigenvalue weighted by atomic mass is 9.75. The van der Waals surface area contributed by atoms with E-state index in [2.05, 4.69) is 5.32 Å². The predicted octanol–water partition coefficient (Wildman–Crippen LogP) is 1.04. The Morgan fingerprint density at radius 3 is 2.62 bits per heavy atom. The van der Waals surface area contributed by atoms with E-state index in [4.69, 9.17) is 5.11 Å². The van der Waals surface area contributed by atoms with Crippen molar-refractivity contribution in [1.29, 1.82) is 0 Å². The number of carboxylic acids is 1. The Morgan fingerprint density at radius 2 is 2.04 bits per heavy atom. The fourth-order valence-corrected chi connectivity index (χ4v) is 3.04. The lowest BCUT2D eigenvalue weighted by molar-refractivity contribution is -0.120. The van der Waals surface area contributed by atoms with Gasteiger partial charge in [0.15, 0.2) is 0 Å². The summed E-state index contributed by atoms with van der Waals surface area (Å²) in [6, 6.07) is 8.52. The number of thiophene rings is 1. The Bertz CT molecular complexity index is 717. The average molecular weight is 347 g/mol. The largest absolute Gasteiger partial charge is 0.478 e. The number of nitrogens with one attached hydrogen (secondary N) is 1. The van der Waals surface area contributed by atoms with Gasteiger partial charge in [0.25, 0.3) is 0 Å². The Morgan fingerprint density at radius 1 is 1.29 bits per heavy atom. The third-order valence-electron chi connectivity index (χ3n) is 3.61. The Balaban J connectivity index is 2.07. The van der Waals surface area contributed by atoms with Gasteiger partial charge in [0.1, 0.15) is 0 Å². The van der Waals surface area contributed by atoms with E-state index in [9.17, 15) is 19.6 Å². The molecular weight excluding hydrogens is 329 g/mol. The van der Waals surface area contributed by atoms with Gasteiger partial charge in [-0.2, -0.15) is 0 Å². The van der Waals surface area contributed by atoms with E-state index in [-0.39, 0.29) is 24.3 Å². The summed E-state index contributed by atoms with van der Waals surface area (Å²) in [6.07, 6.45) is 0.281. The molecule has 0 spiro atoms. The van der Waals surface area contributed by atoms with E-state index >= 15 is 0 Å². The summed E-state index contributed by atoms with van der Waals surface area (Å²) < 4.78 is 0. The SMILES string of the molecule is Cc1ccc(CC(NC(=O)Cc2cccs2)B(O)O)cc1C(=O)O. The first-order chi connectivity index (χ1) is 11.4. The fraction of sp³-hybridized carbons (Fsp3) is 0.250. The number of hydrogen-bond donors (Lipinski definition) is 4. The Labute approximate surface area is 143 Å². The van der Waals surface area contributed by atoms with Gasteiger partial charge < -0.3 is 20.5 Å². The van der Waals surface area contributed by atoms with Crippen molar-refractivity contribution in [3.05, 3.63) is 57.3 Å². The van der Waals surface area contributed by atoms with E-state index in [1.165, 1.54) is 17.4 Å². The van der Waals surface area contributed by atoms with Crippen LogP contribution in [-0.4, -0.2) is 40.1 Å². The lowest BCUT2D eigenvalue weighted by Gasteiger charge is -2.18. The maximum absolute atomic E-state index is 12.0. The van der Waals surface area contributed by atoms with Crippen LogP contribution in [-0.2, 0) is 17.6 Å². The third-order valence-corrected chi connectivity index (χ3v) is 4.49. The Hall–Kier alpha value is -2.16. The van der Waals surface area contributed by atoms with Crippen LogP contribution in [0.1, 0.15) is 26.4 Å². The minimum atomic E-state index is -1.74. The topological polar surface area (TPSA) is 107 Å². The van der Waals surface area contributed by atoms with Crippen LogP contribution < -0.4 is 5.32 Å². The molecule has 1 atom stereocenters. The quantitative estimate of drug-likeness (QED) is 0.560. The number of aromatic carboxylic acids is 1. The van der Waals surface area contributed by atoms with Gasteiger partial charge in [-0.3, -0.25) is 4.79 Å². The van der Waals surface area contributed by atoms with Crippen LogP contribution in [0.3, 0.4) is 0 Å². The highest BCUT2D eigenvalue weighted by Gasteiger charge is 2.26. The van der Waals surface area contributed by atoms with Crippen LogP contribution in [0.4, 0.5) is 0 Å². The number of carboxylic acid groups (broad SMARTS) is 1. The monoisotopic (exact) mass is 347 g/mol. The van der Waals surface area contributed by atoms with E-state index in [1.54, 1.807) is 19.1 Å². The second kappa shape index (κ2) is 8.10. The molecule has 1 amide bonds. The molecule has 0 saturated carbocycles. The molecule has 0 radical (unpaired) electrons. The van der Waals surface area contributed by atoms with Gasteiger partial charge in [0.05, 0.1) is 17.9 Å². The molecule has 0 fully saturated rings. The van der Waals surface area contributed by atoms with Crippen LogP contribution in [0.5, 0.6) is 0 Å². The third kappa shape index (κ3) is 4.92. The van der Waals surface area contributed by atoms with Crippen molar-refractivity contribution in [3.63, 3.8) is 0 Å². The van der Waals surface area contributed by atoms with Gasteiger partial charge >= 0.3 is 13.1 Å². The maximum atomic E-state index is 12.0. The van der Waals surface area contributed by atoms with Crippen LogP contribution in [0.15, 0.2) is 35.7 Å². The second-order valence-corrected chi connectivity index (χ2v) is 6.53. The highest BCUT2D eigenvalue weighted by atomic mass is 32.1. The van der Waals surface area contributed by atoms with E-state index in [0.29, 0.717) is 11.1 Å². The molecular formula is C16H18BNO5S. The molecule has 0 aliphatic heterocycles. The molecule has 0 aliphatic rings. The average Bonchev–Trinajstić information content (AvgIpc) is 3.00. The van der Waals surface area contributed by atoms with Crippen molar-refractivity contribution >= 4 is 30.3 Å². The smallest absolute Gasteiger partial charge is 0.475 e. The summed E-state index contributed by atoms with van der Waals surface area (Å²) >= 11 is 1.45. The van der Waals surface area contributed by atoms with Crippen LogP contribution >= 0.6 is 11.3 Å². The summed E-state index contributed by atoms with van der Waals surface area (Å²) in [6.45, 7) is 1.69. The number of amides is 1. The first kappa shape index (κ1) is 18.2. The molecule has 126 valence electrons. The number of carbonyl (C=O) groups excluding carboxylic acids is 1. The van der Waals surface area contributed by atoms with Crippen molar-refractivity contribution in [3.8, 4) is 0 Å². The molecule has 1 aromatic heterocycles. The van der Waals surface area contributed by atoms with E-state index in [1.807, 2.05) is 17.5 Å². The van der Waals surface area contributed by atoms with Crippen LogP contribution in [0.25, 0.3) is 0 Å². The zero-order chi connectivity index (χ0) is 17.7. The van der Waals surface area contributed by atoms with Crippen molar-refractivity contribution in [1.82, 2.24) is 5.32 Å². The highest BCUT2D eigenvalue weighted by Crippen LogP contribution is 2.14. The summed E-state index contributed by atoms with van der Waals surface area (Å²) in [5.74, 6) is -2.28. The van der Waals surface area contributed by atoms with Crippen LogP contribution in [0.2, 0.25) is 0 Å². The van der Waals surface area contributed by atoms with Gasteiger partial charge in [-0.15, -0.1) is 11.3 Å². The lowest BCUT2D eigenvalue weighted by Crippen LogP contribution is -2.48. The number of rotatable bonds is 7. The molecule has 6 nitrogen and oxygen atoms in total. The molecule has 0 saturated heterocycles. The van der Waals surface area contributed by atoms with Gasteiger partial charge in [0.2, 0.25) is 5.91 Å². The molecule has 2 rings (SSSR count). The minimum Gasteiger partial charge on any atom is -0.478 e. The first-order valence-corrected chi connectivity index (χ1v) is 8.25. The molecule has 0 aliphatic carbocycles. The number of benzene rings is 1. The van der Waals surface area contributed by atoms with Crippen LogP contribution in [0, 0.1) is 6.92 Å². The Kier molecular flexibility index (Phi) is 6.13. The van der Waals surface area contributed by atoms with Crippen molar-refractivity contribution < 1.29 is 24.7 Å². The molecule has 4 N–H and O–H groups in total. The minimum absolute atomic E-state index is 0.119. The number of hydrogen-bond acceptors (Lipinski definition) is 5. The normalized spacial score (nSPS) is 11.8. The van der Waals surface area contributed by atoms with E-state index < -0.39 is 19.0 Å². The first-order valence-electron chi connectivity index (χ1n) is 7.37.